The van der Waals surface area contributed by atoms with Gasteiger partial charge in [-0.15, -0.1) is 11.3 Å². The summed E-state index contributed by atoms with van der Waals surface area (Å²) in [5.74, 6) is 0. The average molecular weight is 352 g/mol. The fourth-order valence-electron chi connectivity index (χ4n) is 1.51. The summed E-state index contributed by atoms with van der Waals surface area (Å²) in [6.45, 7) is 1.58. The van der Waals surface area contributed by atoms with E-state index in [0.717, 1.165) is 5.56 Å². The Labute approximate surface area is 131 Å². The summed E-state index contributed by atoms with van der Waals surface area (Å²) in [6, 6.07) is 4.47. The molecule has 20 heavy (non-hydrogen) atoms. The smallest absolute Gasteiger partial charge is 0.262 e. The molecule has 1 heterocycles. The first-order valence-corrected chi connectivity index (χ1v) is 8.62. The molecule has 0 saturated carbocycles. The Kier molecular flexibility index (Phi) is 4.61. The highest BCUT2D eigenvalue weighted by molar-refractivity contribution is 7.92. The Balaban J connectivity index is 2.35. The highest BCUT2D eigenvalue weighted by atomic mass is 35.5. The summed E-state index contributed by atoms with van der Waals surface area (Å²) in [5.41, 5.74) is 0.983. The number of aliphatic hydroxyl groups excluding tert-OH is 1. The SMILES string of the molecule is Cc1cc(Cl)c(NS(=O)(=O)c2csc(CO)c2)cc1Cl. The zero-order valence-corrected chi connectivity index (χ0v) is 13.5. The first-order valence-electron chi connectivity index (χ1n) is 5.50. The molecule has 2 rings (SSSR count). The van der Waals surface area contributed by atoms with Gasteiger partial charge in [0.25, 0.3) is 10.0 Å². The predicted octanol–water partition coefficient (Wildman–Crippen LogP) is 3.66. The first-order chi connectivity index (χ1) is 9.33. The van der Waals surface area contributed by atoms with Gasteiger partial charge in [-0.25, -0.2) is 8.42 Å². The Morgan fingerprint density at radius 2 is 1.95 bits per heavy atom. The fraction of sp³-hybridized carbons (Fsp3) is 0.167. The van der Waals surface area contributed by atoms with E-state index >= 15 is 0 Å². The molecular formula is C12H11Cl2NO3S2. The van der Waals surface area contributed by atoms with Gasteiger partial charge in [0, 0.05) is 15.3 Å². The lowest BCUT2D eigenvalue weighted by molar-refractivity contribution is 0.285. The van der Waals surface area contributed by atoms with Gasteiger partial charge < -0.3 is 5.11 Å². The summed E-state index contributed by atoms with van der Waals surface area (Å²) >= 11 is 13.1. The van der Waals surface area contributed by atoms with Crippen LogP contribution < -0.4 is 4.72 Å². The van der Waals surface area contributed by atoms with Crippen molar-refractivity contribution in [1.29, 1.82) is 0 Å². The highest BCUT2D eigenvalue weighted by Gasteiger charge is 2.18. The van der Waals surface area contributed by atoms with E-state index in [2.05, 4.69) is 4.72 Å². The van der Waals surface area contributed by atoms with E-state index in [1.165, 1.54) is 28.8 Å². The van der Waals surface area contributed by atoms with Crippen LogP contribution in [0.3, 0.4) is 0 Å². The molecule has 4 nitrogen and oxygen atoms in total. The van der Waals surface area contributed by atoms with Crippen molar-refractivity contribution in [3.8, 4) is 0 Å². The number of rotatable bonds is 4. The maximum absolute atomic E-state index is 12.2. The van der Waals surface area contributed by atoms with Gasteiger partial charge in [-0.2, -0.15) is 0 Å². The number of halogens is 2. The summed E-state index contributed by atoms with van der Waals surface area (Å²) < 4.78 is 26.8. The lowest BCUT2D eigenvalue weighted by atomic mass is 10.2. The van der Waals surface area contributed by atoms with Crippen LogP contribution in [0.1, 0.15) is 10.4 Å². The number of hydrogen-bond acceptors (Lipinski definition) is 4. The van der Waals surface area contributed by atoms with Crippen molar-refractivity contribution in [3.63, 3.8) is 0 Å². The maximum atomic E-state index is 12.2. The molecule has 1 aromatic heterocycles. The van der Waals surface area contributed by atoms with Crippen LogP contribution in [-0.2, 0) is 16.6 Å². The second-order valence-electron chi connectivity index (χ2n) is 4.09. The number of sulfonamides is 1. The van der Waals surface area contributed by atoms with Gasteiger partial charge >= 0.3 is 0 Å². The van der Waals surface area contributed by atoms with Crippen LogP contribution in [0.15, 0.2) is 28.5 Å². The number of nitrogens with one attached hydrogen (secondary N) is 1. The molecule has 2 N–H and O–H groups in total. The van der Waals surface area contributed by atoms with E-state index < -0.39 is 10.0 Å². The van der Waals surface area contributed by atoms with Crippen LogP contribution in [0.2, 0.25) is 10.0 Å². The van der Waals surface area contributed by atoms with Crippen LogP contribution in [-0.4, -0.2) is 13.5 Å². The Hall–Kier alpha value is -0.790. The van der Waals surface area contributed by atoms with Gasteiger partial charge in [0.05, 0.1) is 22.2 Å². The van der Waals surface area contributed by atoms with Gasteiger partial charge in [-0.1, -0.05) is 23.2 Å². The number of anilines is 1. The third-order valence-corrected chi connectivity index (χ3v) is 5.72. The van der Waals surface area contributed by atoms with Gasteiger partial charge in [0.15, 0.2) is 0 Å². The van der Waals surface area contributed by atoms with Crippen molar-refractivity contribution in [2.45, 2.75) is 18.4 Å². The molecule has 0 radical (unpaired) electrons. The standard InChI is InChI=1S/C12H11Cl2NO3S2/c1-7-2-11(14)12(4-10(7)13)15-20(17,18)9-3-8(5-16)19-6-9/h2-4,6,15-16H,5H2,1H3. The molecule has 0 aliphatic heterocycles. The third-order valence-electron chi connectivity index (χ3n) is 2.59. The van der Waals surface area contributed by atoms with Crippen molar-refractivity contribution in [3.05, 3.63) is 44.1 Å². The van der Waals surface area contributed by atoms with Crippen molar-refractivity contribution in [1.82, 2.24) is 0 Å². The quantitative estimate of drug-likeness (QED) is 0.883. The lowest BCUT2D eigenvalue weighted by Gasteiger charge is -2.10. The van der Waals surface area contributed by atoms with E-state index in [0.29, 0.717) is 9.90 Å². The summed E-state index contributed by atoms with van der Waals surface area (Å²) in [4.78, 5) is 0.651. The van der Waals surface area contributed by atoms with Crippen LogP contribution >= 0.6 is 34.5 Å². The number of aryl methyl sites for hydroxylation is 1. The molecule has 0 spiro atoms. The molecule has 0 amide bonds. The molecule has 0 unspecified atom stereocenters. The van der Waals surface area contributed by atoms with Gasteiger partial charge in [0.1, 0.15) is 0 Å². The van der Waals surface area contributed by atoms with Crippen LogP contribution in [0, 0.1) is 6.92 Å². The molecular weight excluding hydrogens is 341 g/mol. The minimum absolute atomic E-state index is 0.0827. The van der Waals surface area contributed by atoms with Gasteiger partial charge in [-0.05, 0) is 30.7 Å². The van der Waals surface area contributed by atoms with Gasteiger partial charge in [-0.3, -0.25) is 4.72 Å². The second kappa shape index (κ2) is 5.91. The Morgan fingerprint density at radius 3 is 2.55 bits per heavy atom. The Bertz CT molecular complexity index is 741. The summed E-state index contributed by atoms with van der Waals surface area (Å²) in [7, 11) is -3.75. The fourth-order valence-corrected chi connectivity index (χ4v) is 4.20. The average Bonchev–Trinajstić information content (AvgIpc) is 2.85. The van der Waals surface area contributed by atoms with Crippen LogP contribution in [0.5, 0.6) is 0 Å². The van der Waals surface area contributed by atoms with E-state index in [-0.39, 0.29) is 22.2 Å². The summed E-state index contributed by atoms with van der Waals surface area (Å²) in [6.07, 6.45) is 0. The molecule has 0 bridgehead atoms. The largest absolute Gasteiger partial charge is 0.391 e. The van der Waals surface area contributed by atoms with E-state index in [1.807, 2.05) is 0 Å². The predicted molar refractivity (Wildman–Crippen MR) is 82.2 cm³/mol. The zero-order chi connectivity index (χ0) is 14.9. The zero-order valence-electron chi connectivity index (χ0n) is 10.4. The summed E-state index contributed by atoms with van der Waals surface area (Å²) in [5, 5.41) is 11.1. The van der Waals surface area contributed by atoms with Crippen molar-refractivity contribution < 1.29 is 13.5 Å². The highest BCUT2D eigenvalue weighted by Crippen LogP contribution is 2.31. The molecule has 0 atom stereocenters. The van der Waals surface area contributed by atoms with Crippen molar-refractivity contribution >= 4 is 50.2 Å². The molecule has 0 aliphatic rings. The third kappa shape index (κ3) is 3.27. The molecule has 1 aromatic carbocycles. The lowest BCUT2D eigenvalue weighted by Crippen LogP contribution is -2.12. The molecule has 0 saturated heterocycles. The molecule has 0 aliphatic carbocycles. The van der Waals surface area contributed by atoms with E-state index in [1.54, 1.807) is 13.0 Å². The van der Waals surface area contributed by atoms with Crippen LogP contribution in [0.25, 0.3) is 0 Å². The Morgan fingerprint density at radius 1 is 1.25 bits per heavy atom. The molecule has 2 aromatic rings. The number of benzene rings is 1. The van der Waals surface area contributed by atoms with Crippen molar-refractivity contribution in [2.75, 3.05) is 4.72 Å². The monoisotopic (exact) mass is 351 g/mol. The number of hydrogen-bond donors (Lipinski definition) is 2. The normalized spacial score (nSPS) is 11.6. The molecule has 108 valence electrons. The van der Waals surface area contributed by atoms with E-state index in [9.17, 15) is 8.42 Å². The minimum atomic E-state index is -3.75. The first kappa shape index (κ1) is 15.6. The molecule has 8 heteroatoms. The van der Waals surface area contributed by atoms with E-state index in [4.69, 9.17) is 28.3 Å². The number of aliphatic hydroxyl groups is 1. The minimum Gasteiger partial charge on any atom is -0.391 e. The van der Waals surface area contributed by atoms with Crippen LogP contribution in [0.4, 0.5) is 5.69 Å². The maximum Gasteiger partial charge on any atom is 0.262 e. The topological polar surface area (TPSA) is 66.4 Å². The second-order valence-corrected chi connectivity index (χ2v) is 7.59. The van der Waals surface area contributed by atoms with Gasteiger partial charge in [0.2, 0.25) is 0 Å². The molecule has 0 fully saturated rings. The van der Waals surface area contributed by atoms with Crippen molar-refractivity contribution in [2.24, 2.45) is 0 Å². The number of thiophene rings is 1.